The first-order valence-electron chi connectivity index (χ1n) is 10.1. The maximum atomic E-state index is 9.98. The van der Waals surface area contributed by atoms with Crippen molar-refractivity contribution in [2.75, 3.05) is 26.4 Å². The monoisotopic (exact) mass is 392 g/mol. The fourth-order valence-corrected chi connectivity index (χ4v) is 5.44. The first-order valence-corrected chi connectivity index (χ1v) is 12.7. The number of aliphatic hydroxyl groups is 2. The fraction of sp³-hybridized carbons (Fsp3) is 0.636. The summed E-state index contributed by atoms with van der Waals surface area (Å²) in [4.78, 5) is 0. The fourth-order valence-electron chi connectivity index (χ4n) is 2.93. The molecular weight excluding hydrogens is 356 g/mol. The summed E-state index contributed by atoms with van der Waals surface area (Å²) in [6, 6.07) is 13.4. The third kappa shape index (κ3) is 10.1. The van der Waals surface area contributed by atoms with Gasteiger partial charge in [-0.05, 0) is 23.7 Å². The molecule has 1 rings (SSSR count). The number of rotatable bonds is 13. The molecule has 0 amide bonds. The number of hydrogen-bond acceptors (Lipinski definition) is 4. The van der Waals surface area contributed by atoms with Gasteiger partial charge in [-0.15, -0.1) is 11.5 Å². The van der Waals surface area contributed by atoms with Crippen LogP contribution in [0, 0.1) is 11.5 Å². The van der Waals surface area contributed by atoms with Gasteiger partial charge in [-0.2, -0.15) is 0 Å². The van der Waals surface area contributed by atoms with Crippen molar-refractivity contribution in [1.82, 2.24) is 0 Å². The molecular formula is C22H36O4Si. The summed E-state index contributed by atoms with van der Waals surface area (Å²) in [5.41, 5.74) is 4.57. The van der Waals surface area contributed by atoms with E-state index in [1.807, 2.05) is 30.3 Å². The minimum absolute atomic E-state index is 0.267. The van der Waals surface area contributed by atoms with Crippen molar-refractivity contribution in [3.63, 3.8) is 0 Å². The third-order valence-electron chi connectivity index (χ3n) is 5.03. The highest BCUT2D eigenvalue weighted by atomic mass is 28.3. The van der Waals surface area contributed by atoms with Gasteiger partial charge in [-0.1, -0.05) is 51.1 Å². The lowest BCUT2D eigenvalue weighted by Crippen LogP contribution is -2.29. The minimum Gasteiger partial charge on any atom is -0.390 e. The number of ether oxygens (including phenoxy) is 2. The predicted molar refractivity (Wildman–Crippen MR) is 113 cm³/mol. The molecule has 0 fully saturated rings. The topological polar surface area (TPSA) is 58.9 Å². The van der Waals surface area contributed by atoms with Crippen LogP contribution in [0.15, 0.2) is 30.3 Å². The van der Waals surface area contributed by atoms with Crippen LogP contribution in [0.3, 0.4) is 0 Å². The summed E-state index contributed by atoms with van der Waals surface area (Å²) in [7, 11) is -1.43. The summed E-state index contributed by atoms with van der Waals surface area (Å²) in [6.07, 6.45) is -0.0328. The molecule has 0 aliphatic rings. The van der Waals surface area contributed by atoms with Crippen LogP contribution in [-0.2, 0) is 15.9 Å². The zero-order chi connectivity index (χ0) is 20.0. The quantitative estimate of drug-likeness (QED) is 0.307. The molecule has 2 N–H and O–H groups in total. The largest absolute Gasteiger partial charge is 0.390 e. The van der Waals surface area contributed by atoms with E-state index in [4.69, 9.17) is 9.47 Å². The van der Waals surface area contributed by atoms with Gasteiger partial charge in [0.05, 0.1) is 38.6 Å². The first-order chi connectivity index (χ1) is 13.0. The van der Waals surface area contributed by atoms with Gasteiger partial charge in [0, 0.05) is 12.8 Å². The van der Waals surface area contributed by atoms with Gasteiger partial charge < -0.3 is 19.7 Å². The van der Waals surface area contributed by atoms with Crippen molar-refractivity contribution in [3.05, 3.63) is 35.9 Å². The molecule has 0 unspecified atom stereocenters. The second-order valence-electron chi connectivity index (χ2n) is 6.99. The van der Waals surface area contributed by atoms with Crippen LogP contribution in [0.1, 0.15) is 32.8 Å². The molecule has 0 aliphatic heterocycles. The summed E-state index contributed by atoms with van der Waals surface area (Å²) in [5.74, 6) is 3.19. The smallest absolute Gasteiger partial charge is 0.137 e. The van der Waals surface area contributed by atoms with E-state index in [1.54, 1.807) is 0 Å². The van der Waals surface area contributed by atoms with E-state index in [2.05, 4.69) is 32.2 Å². The van der Waals surface area contributed by atoms with Crippen molar-refractivity contribution >= 4 is 8.07 Å². The van der Waals surface area contributed by atoms with Gasteiger partial charge in [0.25, 0.3) is 0 Å². The normalized spacial score (nSPS) is 13.7. The molecule has 0 saturated carbocycles. The molecule has 5 heteroatoms. The summed E-state index contributed by atoms with van der Waals surface area (Å²) >= 11 is 0. The number of hydrogen-bond donors (Lipinski definition) is 2. The summed E-state index contributed by atoms with van der Waals surface area (Å²) in [6.45, 7) is 8.04. The lowest BCUT2D eigenvalue weighted by Gasteiger charge is -2.20. The van der Waals surface area contributed by atoms with Crippen LogP contribution in [0.25, 0.3) is 0 Å². The lowest BCUT2D eigenvalue weighted by atomic mass is 10.1. The van der Waals surface area contributed by atoms with Gasteiger partial charge in [0.15, 0.2) is 0 Å². The second kappa shape index (κ2) is 13.9. The van der Waals surface area contributed by atoms with Gasteiger partial charge in [0.2, 0.25) is 0 Å². The highest BCUT2D eigenvalue weighted by Gasteiger charge is 2.24. The Morgan fingerprint density at radius 1 is 0.889 bits per heavy atom. The average Bonchev–Trinajstić information content (AvgIpc) is 2.69. The molecule has 27 heavy (non-hydrogen) atoms. The summed E-state index contributed by atoms with van der Waals surface area (Å²) < 4.78 is 10.9. The van der Waals surface area contributed by atoms with Crippen molar-refractivity contribution < 1.29 is 19.7 Å². The van der Waals surface area contributed by atoms with Crippen LogP contribution in [-0.4, -0.2) is 56.9 Å². The van der Waals surface area contributed by atoms with Crippen LogP contribution in [0.5, 0.6) is 0 Å². The van der Waals surface area contributed by atoms with Crippen molar-refractivity contribution in [1.29, 1.82) is 0 Å². The Hall–Kier alpha value is -1.16. The van der Waals surface area contributed by atoms with Gasteiger partial charge in [0.1, 0.15) is 8.07 Å². The molecule has 0 aromatic heterocycles. The van der Waals surface area contributed by atoms with Crippen LogP contribution >= 0.6 is 0 Å². The van der Waals surface area contributed by atoms with Gasteiger partial charge in [-0.25, -0.2) is 0 Å². The van der Waals surface area contributed by atoms with E-state index in [1.165, 1.54) is 18.1 Å². The van der Waals surface area contributed by atoms with Crippen molar-refractivity contribution in [2.24, 2.45) is 0 Å². The average molecular weight is 393 g/mol. The Labute approximate surface area is 165 Å². The van der Waals surface area contributed by atoms with Gasteiger partial charge in [-0.3, -0.25) is 0 Å². The molecule has 0 bridgehead atoms. The Kier molecular flexibility index (Phi) is 12.3. The van der Waals surface area contributed by atoms with E-state index in [0.717, 1.165) is 5.56 Å². The zero-order valence-electron chi connectivity index (χ0n) is 17.1. The Bertz CT molecular complexity index is 540. The molecule has 1 aromatic rings. The Morgan fingerprint density at radius 3 is 2.00 bits per heavy atom. The van der Waals surface area contributed by atoms with Crippen molar-refractivity contribution in [2.45, 2.75) is 64.0 Å². The lowest BCUT2D eigenvalue weighted by molar-refractivity contribution is -0.0156. The van der Waals surface area contributed by atoms with Gasteiger partial charge >= 0.3 is 0 Å². The Balaban J connectivity index is 2.11. The predicted octanol–water partition coefficient (Wildman–Crippen LogP) is 3.43. The molecule has 0 radical (unpaired) electrons. The molecule has 152 valence electrons. The molecule has 4 nitrogen and oxygen atoms in total. The molecule has 0 saturated heterocycles. The van der Waals surface area contributed by atoms with Crippen LogP contribution in [0.2, 0.25) is 18.1 Å². The van der Waals surface area contributed by atoms with E-state index in [0.29, 0.717) is 26.1 Å². The minimum atomic E-state index is -1.43. The first kappa shape index (κ1) is 23.9. The molecule has 2 atom stereocenters. The maximum absolute atomic E-state index is 9.98. The Morgan fingerprint density at radius 2 is 1.44 bits per heavy atom. The van der Waals surface area contributed by atoms with E-state index in [9.17, 15) is 10.2 Å². The van der Waals surface area contributed by atoms with Crippen LogP contribution in [0.4, 0.5) is 0 Å². The van der Waals surface area contributed by atoms with E-state index < -0.39 is 20.3 Å². The third-order valence-corrected chi connectivity index (χ3v) is 9.80. The maximum Gasteiger partial charge on any atom is 0.137 e. The molecule has 0 heterocycles. The summed E-state index contributed by atoms with van der Waals surface area (Å²) in [5, 5.41) is 19.9. The van der Waals surface area contributed by atoms with Crippen LogP contribution < -0.4 is 0 Å². The van der Waals surface area contributed by atoms with E-state index in [-0.39, 0.29) is 13.2 Å². The zero-order valence-corrected chi connectivity index (χ0v) is 18.1. The SMILES string of the molecule is CC[Si](C#CC[C@H](O)COCCOC[C@H](O)Cc1ccccc1)(CC)CC. The standard InChI is InChI=1S/C22H36O4Si/c1-4-27(5-2,6-3)16-10-13-21(23)18-25-14-15-26-19-22(24)17-20-11-8-7-9-12-20/h7-9,11-12,21-24H,4-6,13-15,17-19H2,1-3H3/t21-,22+/m0/s1. The molecule has 1 aromatic carbocycles. The highest BCUT2D eigenvalue weighted by molar-refractivity contribution is 6.87. The molecule has 0 aliphatic carbocycles. The highest BCUT2D eigenvalue weighted by Crippen LogP contribution is 2.18. The number of benzene rings is 1. The van der Waals surface area contributed by atoms with E-state index >= 15 is 0 Å². The van der Waals surface area contributed by atoms with Crippen molar-refractivity contribution in [3.8, 4) is 11.5 Å². The molecule has 0 spiro atoms. The second-order valence-corrected chi connectivity index (χ2v) is 11.9. The number of aliphatic hydroxyl groups excluding tert-OH is 2.